The Balaban J connectivity index is 1.95. The number of halogens is 1. The molecule has 0 aliphatic rings. The quantitative estimate of drug-likeness (QED) is 0.760. The van der Waals surface area contributed by atoms with Crippen LogP contribution in [0.5, 0.6) is 5.75 Å². The van der Waals surface area contributed by atoms with E-state index in [4.69, 9.17) is 4.74 Å². The van der Waals surface area contributed by atoms with Crippen LogP contribution in [-0.4, -0.2) is 45.1 Å². The summed E-state index contributed by atoms with van der Waals surface area (Å²) >= 11 is 0. The molecule has 0 bridgehead atoms. The van der Waals surface area contributed by atoms with Crippen molar-refractivity contribution in [2.24, 2.45) is 0 Å². The van der Waals surface area contributed by atoms with Gasteiger partial charge in [0.05, 0.1) is 13.4 Å². The highest BCUT2D eigenvalue weighted by Gasteiger charge is 2.17. The van der Waals surface area contributed by atoms with Gasteiger partial charge in [0.2, 0.25) is 10.0 Å². The monoisotopic (exact) mass is 380 g/mol. The molecular formula is C18H21FN2O4S. The Labute approximate surface area is 152 Å². The molecule has 0 spiro atoms. The second-order valence-corrected chi connectivity index (χ2v) is 7.69. The third kappa shape index (κ3) is 5.82. The van der Waals surface area contributed by atoms with Gasteiger partial charge in [-0.05, 0) is 42.0 Å². The molecule has 1 N–H and O–H groups in total. The van der Waals surface area contributed by atoms with Crippen molar-refractivity contribution in [2.75, 3.05) is 26.5 Å². The van der Waals surface area contributed by atoms with Crippen LogP contribution in [0.3, 0.4) is 0 Å². The summed E-state index contributed by atoms with van der Waals surface area (Å²) in [4.78, 5) is 12.0. The minimum absolute atomic E-state index is 0.123. The van der Waals surface area contributed by atoms with Gasteiger partial charge in [0, 0.05) is 25.2 Å². The average Bonchev–Trinajstić information content (AvgIpc) is 2.61. The third-order valence-corrected chi connectivity index (χ3v) is 4.99. The Morgan fingerprint density at radius 2 is 1.73 bits per heavy atom. The van der Waals surface area contributed by atoms with Crippen LogP contribution in [0.25, 0.3) is 0 Å². The van der Waals surface area contributed by atoms with E-state index in [1.54, 1.807) is 31.4 Å². The molecule has 0 heterocycles. The summed E-state index contributed by atoms with van der Waals surface area (Å²) < 4.78 is 43.2. The van der Waals surface area contributed by atoms with Crippen LogP contribution in [0.4, 0.5) is 4.39 Å². The first kappa shape index (κ1) is 19.9. The highest BCUT2D eigenvalue weighted by Crippen LogP contribution is 2.14. The largest absolute Gasteiger partial charge is 0.497 e. The fraction of sp³-hybridized carbons (Fsp3) is 0.278. The van der Waals surface area contributed by atoms with E-state index in [2.05, 4.69) is 5.32 Å². The van der Waals surface area contributed by atoms with Gasteiger partial charge in [0.1, 0.15) is 11.6 Å². The number of sulfonamides is 1. The molecule has 1 amide bonds. The van der Waals surface area contributed by atoms with Crippen molar-refractivity contribution in [3.05, 3.63) is 65.5 Å². The summed E-state index contributed by atoms with van der Waals surface area (Å²) in [5, 5.41) is 2.64. The number of rotatable bonds is 8. The summed E-state index contributed by atoms with van der Waals surface area (Å²) in [6.07, 6.45) is 1.12. The van der Waals surface area contributed by atoms with Gasteiger partial charge < -0.3 is 10.1 Å². The molecule has 0 aliphatic carbocycles. The normalized spacial score (nSPS) is 11.4. The highest BCUT2D eigenvalue weighted by molar-refractivity contribution is 7.88. The molecular weight excluding hydrogens is 359 g/mol. The first-order valence-corrected chi connectivity index (χ1v) is 9.76. The summed E-state index contributed by atoms with van der Waals surface area (Å²) in [6.45, 7) is 0.451. The first-order valence-electron chi connectivity index (χ1n) is 7.91. The van der Waals surface area contributed by atoms with Crippen molar-refractivity contribution in [2.45, 2.75) is 6.54 Å². The van der Waals surface area contributed by atoms with Crippen molar-refractivity contribution in [3.63, 3.8) is 0 Å². The molecule has 0 saturated carbocycles. The minimum atomic E-state index is -3.45. The Bertz CT molecular complexity index is 836. The Morgan fingerprint density at radius 1 is 1.12 bits per heavy atom. The first-order chi connectivity index (χ1) is 12.3. The van der Waals surface area contributed by atoms with Crippen LogP contribution in [0.2, 0.25) is 0 Å². The van der Waals surface area contributed by atoms with Gasteiger partial charge in [-0.3, -0.25) is 4.79 Å². The van der Waals surface area contributed by atoms with Crippen LogP contribution < -0.4 is 10.1 Å². The summed E-state index contributed by atoms with van der Waals surface area (Å²) in [6, 6.07) is 12.2. The number of carbonyl (C=O) groups excluding carboxylic acids is 1. The number of hydrogen-bond acceptors (Lipinski definition) is 4. The summed E-state index contributed by atoms with van der Waals surface area (Å²) in [5.74, 6) is -0.126. The van der Waals surface area contributed by atoms with Gasteiger partial charge in [-0.25, -0.2) is 12.8 Å². The number of methoxy groups -OCH3 is 1. The average molecular weight is 380 g/mol. The van der Waals surface area contributed by atoms with Gasteiger partial charge >= 0.3 is 0 Å². The van der Waals surface area contributed by atoms with E-state index in [1.165, 1.54) is 28.6 Å². The Morgan fingerprint density at radius 3 is 2.27 bits per heavy atom. The molecule has 2 aromatic rings. The smallest absolute Gasteiger partial charge is 0.251 e. The molecule has 26 heavy (non-hydrogen) atoms. The molecule has 0 aromatic heterocycles. The van der Waals surface area contributed by atoms with Crippen molar-refractivity contribution in [1.82, 2.24) is 9.62 Å². The molecule has 140 valence electrons. The number of carbonyl (C=O) groups is 1. The van der Waals surface area contributed by atoms with Crippen LogP contribution >= 0.6 is 0 Å². The SMILES string of the molecule is COc1ccc(CN(CCNC(=O)c2ccc(F)cc2)S(C)(=O)=O)cc1. The van der Waals surface area contributed by atoms with Crippen molar-refractivity contribution < 1.29 is 22.3 Å². The lowest BCUT2D eigenvalue weighted by atomic mass is 10.2. The maximum Gasteiger partial charge on any atom is 0.251 e. The van der Waals surface area contributed by atoms with Gasteiger partial charge in [0.25, 0.3) is 5.91 Å². The van der Waals surface area contributed by atoms with E-state index in [0.29, 0.717) is 11.3 Å². The van der Waals surface area contributed by atoms with E-state index in [0.717, 1.165) is 11.8 Å². The highest BCUT2D eigenvalue weighted by atomic mass is 32.2. The van der Waals surface area contributed by atoms with Gasteiger partial charge in [-0.2, -0.15) is 4.31 Å². The topological polar surface area (TPSA) is 75.7 Å². The maximum absolute atomic E-state index is 12.9. The predicted molar refractivity (Wildman–Crippen MR) is 97.0 cm³/mol. The van der Waals surface area contributed by atoms with E-state index in [-0.39, 0.29) is 25.5 Å². The van der Waals surface area contributed by atoms with E-state index >= 15 is 0 Å². The molecule has 0 fully saturated rings. The molecule has 6 nitrogen and oxygen atoms in total. The molecule has 0 unspecified atom stereocenters. The second-order valence-electron chi connectivity index (χ2n) is 5.71. The van der Waals surface area contributed by atoms with Crippen molar-refractivity contribution in [3.8, 4) is 5.75 Å². The number of benzene rings is 2. The Kier molecular flexibility index (Phi) is 6.70. The molecule has 0 radical (unpaired) electrons. The van der Waals surface area contributed by atoms with E-state index in [9.17, 15) is 17.6 Å². The zero-order valence-corrected chi connectivity index (χ0v) is 15.4. The molecule has 2 aromatic carbocycles. The lowest BCUT2D eigenvalue weighted by Crippen LogP contribution is -2.37. The van der Waals surface area contributed by atoms with Gasteiger partial charge in [-0.15, -0.1) is 0 Å². The minimum Gasteiger partial charge on any atom is -0.497 e. The van der Waals surface area contributed by atoms with Gasteiger partial charge in [0.15, 0.2) is 0 Å². The molecule has 0 atom stereocenters. The Hall–Kier alpha value is -2.45. The number of hydrogen-bond donors (Lipinski definition) is 1. The van der Waals surface area contributed by atoms with Crippen LogP contribution in [-0.2, 0) is 16.6 Å². The van der Waals surface area contributed by atoms with Crippen molar-refractivity contribution in [1.29, 1.82) is 0 Å². The van der Waals surface area contributed by atoms with Gasteiger partial charge in [-0.1, -0.05) is 12.1 Å². The summed E-state index contributed by atoms with van der Waals surface area (Å²) in [7, 11) is -1.89. The van der Waals surface area contributed by atoms with E-state index < -0.39 is 15.8 Å². The standard InChI is InChI=1S/C18H21FN2O4S/c1-25-17-9-3-14(4-10-17)13-21(26(2,23)24)12-11-20-18(22)15-5-7-16(19)8-6-15/h3-10H,11-13H2,1-2H3,(H,20,22). The lowest BCUT2D eigenvalue weighted by Gasteiger charge is -2.20. The number of amides is 1. The molecule has 0 saturated heterocycles. The van der Waals surface area contributed by atoms with E-state index in [1.807, 2.05) is 0 Å². The number of ether oxygens (including phenoxy) is 1. The van der Waals surface area contributed by atoms with Crippen LogP contribution in [0.15, 0.2) is 48.5 Å². The predicted octanol–water partition coefficient (Wildman–Crippen LogP) is 2.03. The fourth-order valence-electron chi connectivity index (χ4n) is 2.29. The molecule has 0 aliphatic heterocycles. The molecule has 2 rings (SSSR count). The summed E-state index contributed by atoms with van der Waals surface area (Å²) in [5.41, 5.74) is 1.12. The van der Waals surface area contributed by atoms with Crippen LogP contribution in [0.1, 0.15) is 15.9 Å². The third-order valence-electron chi connectivity index (χ3n) is 3.74. The molecule has 8 heteroatoms. The second kappa shape index (κ2) is 8.77. The zero-order chi connectivity index (χ0) is 19.2. The van der Waals surface area contributed by atoms with Crippen molar-refractivity contribution >= 4 is 15.9 Å². The zero-order valence-electron chi connectivity index (χ0n) is 14.6. The van der Waals surface area contributed by atoms with Crippen LogP contribution in [0, 0.1) is 5.82 Å². The number of nitrogens with one attached hydrogen (secondary N) is 1. The fourth-order valence-corrected chi connectivity index (χ4v) is 3.10. The maximum atomic E-state index is 12.9. The number of nitrogens with zero attached hydrogens (tertiary/aromatic N) is 1. The lowest BCUT2D eigenvalue weighted by molar-refractivity contribution is 0.0951.